The molecule has 0 saturated carbocycles. The minimum absolute atomic E-state index is 0.207. The van der Waals surface area contributed by atoms with Gasteiger partial charge in [-0.1, -0.05) is 6.92 Å². The Morgan fingerprint density at radius 3 is 2.76 bits per heavy atom. The predicted octanol–water partition coefficient (Wildman–Crippen LogP) is -0.338. The molecule has 0 aromatic carbocycles. The number of carbonyl (C=O) groups is 2. The van der Waals surface area contributed by atoms with Crippen molar-refractivity contribution in [3.63, 3.8) is 0 Å². The molecule has 7 heteroatoms. The van der Waals surface area contributed by atoms with E-state index < -0.39 is 17.4 Å². The summed E-state index contributed by atoms with van der Waals surface area (Å²) in [7, 11) is 1.55. The van der Waals surface area contributed by atoms with Crippen molar-refractivity contribution < 1.29 is 14.3 Å². The highest BCUT2D eigenvalue weighted by Gasteiger charge is 2.44. The molecule has 2 rings (SSSR count). The number of hydrogen-bond acceptors (Lipinski definition) is 5. The summed E-state index contributed by atoms with van der Waals surface area (Å²) >= 11 is 0. The zero-order chi connectivity index (χ0) is 15.6. The normalized spacial score (nSPS) is 21.6. The molecule has 0 bridgehead atoms. The van der Waals surface area contributed by atoms with Gasteiger partial charge in [0.15, 0.2) is 0 Å². The summed E-state index contributed by atoms with van der Waals surface area (Å²) in [4.78, 5) is 31.7. The van der Waals surface area contributed by atoms with Crippen LogP contribution in [0, 0.1) is 5.92 Å². The molecule has 0 aliphatic carbocycles. The molecule has 1 unspecified atom stereocenters. The summed E-state index contributed by atoms with van der Waals surface area (Å²) < 4.78 is 5.11. The van der Waals surface area contributed by atoms with Gasteiger partial charge in [-0.05, 0) is 11.6 Å². The molecule has 112 valence electrons. The third-order valence-electron chi connectivity index (χ3n) is 3.82. The number of nitrogens with zero attached hydrogens (tertiary/aromatic N) is 2. The third-order valence-corrected chi connectivity index (χ3v) is 3.82. The molecule has 0 saturated heterocycles. The molecule has 1 aromatic heterocycles. The van der Waals surface area contributed by atoms with E-state index in [0.29, 0.717) is 17.9 Å². The summed E-state index contributed by atoms with van der Waals surface area (Å²) in [5.74, 6) is -1.30. The second kappa shape index (κ2) is 5.61. The Balaban J connectivity index is 2.45. The van der Waals surface area contributed by atoms with Crippen molar-refractivity contribution in [2.24, 2.45) is 22.4 Å². The summed E-state index contributed by atoms with van der Waals surface area (Å²) in [6.45, 7) is 2.19. The predicted molar refractivity (Wildman–Crippen MR) is 77.0 cm³/mol. The topological polar surface area (TPSA) is 121 Å². The van der Waals surface area contributed by atoms with E-state index in [0.717, 1.165) is 5.56 Å². The number of rotatable bonds is 5. The molecule has 21 heavy (non-hydrogen) atoms. The first-order valence-corrected chi connectivity index (χ1v) is 6.53. The van der Waals surface area contributed by atoms with E-state index in [-0.39, 0.29) is 12.3 Å². The van der Waals surface area contributed by atoms with Crippen LogP contribution in [-0.2, 0) is 16.0 Å². The van der Waals surface area contributed by atoms with Crippen molar-refractivity contribution in [1.29, 1.82) is 0 Å². The Bertz CT molecular complexity index is 614. The SMILES string of the molecule is COC[C@@H](C)C1(C(N)=O)Cc2cc(C(N)=O)cnc2C=N1. The Morgan fingerprint density at radius 1 is 1.48 bits per heavy atom. The fourth-order valence-corrected chi connectivity index (χ4v) is 2.51. The van der Waals surface area contributed by atoms with Gasteiger partial charge in [0.1, 0.15) is 5.54 Å². The van der Waals surface area contributed by atoms with Crippen LogP contribution in [0.15, 0.2) is 17.3 Å². The number of ether oxygens (including phenoxy) is 1. The van der Waals surface area contributed by atoms with Crippen LogP contribution in [0.2, 0.25) is 0 Å². The Labute approximate surface area is 122 Å². The second-order valence-electron chi connectivity index (χ2n) is 5.21. The molecule has 1 aliphatic rings. The monoisotopic (exact) mass is 290 g/mol. The minimum Gasteiger partial charge on any atom is -0.384 e. The maximum atomic E-state index is 12.0. The lowest BCUT2D eigenvalue weighted by atomic mass is 9.78. The van der Waals surface area contributed by atoms with Crippen molar-refractivity contribution in [3.8, 4) is 0 Å². The number of fused-ring (bicyclic) bond motifs is 1. The molecule has 2 heterocycles. The second-order valence-corrected chi connectivity index (χ2v) is 5.21. The van der Waals surface area contributed by atoms with Gasteiger partial charge in [0.2, 0.25) is 11.8 Å². The number of hydrogen-bond donors (Lipinski definition) is 2. The van der Waals surface area contributed by atoms with E-state index in [1.165, 1.54) is 12.4 Å². The number of primary amides is 2. The summed E-state index contributed by atoms with van der Waals surface area (Å²) in [5, 5.41) is 0. The number of aliphatic imine (C=N–C) groups is 1. The number of aromatic nitrogens is 1. The van der Waals surface area contributed by atoms with Gasteiger partial charge in [-0.25, -0.2) is 0 Å². The first-order valence-electron chi connectivity index (χ1n) is 6.53. The lowest BCUT2D eigenvalue weighted by molar-refractivity contribution is -0.125. The van der Waals surface area contributed by atoms with Crippen LogP contribution in [0.25, 0.3) is 0 Å². The fourth-order valence-electron chi connectivity index (χ4n) is 2.51. The third kappa shape index (κ3) is 2.64. The van der Waals surface area contributed by atoms with Gasteiger partial charge in [0, 0.05) is 31.9 Å². The molecule has 1 aromatic rings. The first-order chi connectivity index (χ1) is 9.90. The Hall–Kier alpha value is -2.28. The largest absolute Gasteiger partial charge is 0.384 e. The highest BCUT2D eigenvalue weighted by atomic mass is 16.5. The van der Waals surface area contributed by atoms with Crippen LogP contribution < -0.4 is 11.5 Å². The van der Waals surface area contributed by atoms with E-state index in [2.05, 4.69) is 9.98 Å². The van der Waals surface area contributed by atoms with Crippen molar-refractivity contribution in [1.82, 2.24) is 4.98 Å². The number of nitrogens with two attached hydrogens (primary N) is 2. The van der Waals surface area contributed by atoms with E-state index in [9.17, 15) is 9.59 Å². The number of amides is 2. The molecular formula is C14H18N4O3. The number of methoxy groups -OCH3 is 1. The quantitative estimate of drug-likeness (QED) is 0.770. The van der Waals surface area contributed by atoms with Gasteiger partial charge < -0.3 is 16.2 Å². The molecular weight excluding hydrogens is 272 g/mol. The van der Waals surface area contributed by atoms with Crippen molar-refractivity contribution in [3.05, 3.63) is 29.1 Å². The van der Waals surface area contributed by atoms with Gasteiger partial charge >= 0.3 is 0 Å². The zero-order valence-electron chi connectivity index (χ0n) is 12.0. The van der Waals surface area contributed by atoms with E-state index in [4.69, 9.17) is 16.2 Å². The van der Waals surface area contributed by atoms with E-state index in [1.54, 1.807) is 13.2 Å². The smallest absolute Gasteiger partial charge is 0.250 e. The molecule has 0 radical (unpaired) electrons. The standard InChI is InChI=1S/C14H18N4O3/c1-8(7-21-2)14(13(16)20)4-9-3-10(12(15)19)5-17-11(9)6-18-14/h3,5-6,8H,4,7H2,1-2H3,(H2,15,19)(H2,16,20)/t8-,14?/m1/s1. The molecule has 0 spiro atoms. The van der Waals surface area contributed by atoms with Crippen LogP contribution in [0.3, 0.4) is 0 Å². The van der Waals surface area contributed by atoms with Crippen molar-refractivity contribution >= 4 is 18.0 Å². The number of carbonyl (C=O) groups excluding carboxylic acids is 2. The summed E-state index contributed by atoms with van der Waals surface area (Å²) in [5.41, 5.74) is 11.4. The highest BCUT2D eigenvalue weighted by molar-refractivity contribution is 5.95. The lowest BCUT2D eigenvalue weighted by Gasteiger charge is -2.35. The van der Waals surface area contributed by atoms with Gasteiger partial charge in [-0.2, -0.15) is 0 Å². The van der Waals surface area contributed by atoms with Crippen LogP contribution >= 0.6 is 0 Å². The highest BCUT2D eigenvalue weighted by Crippen LogP contribution is 2.31. The van der Waals surface area contributed by atoms with Gasteiger partial charge in [-0.3, -0.25) is 19.6 Å². The minimum atomic E-state index is -1.10. The van der Waals surface area contributed by atoms with Crippen LogP contribution in [0.5, 0.6) is 0 Å². The summed E-state index contributed by atoms with van der Waals surface area (Å²) in [6, 6.07) is 1.63. The lowest BCUT2D eigenvalue weighted by Crippen LogP contribution is -2.52. The van der Waals surface area contributed by atoms with Gasteiger partial charge in [0.05, 0.1) is 17.9 Å². The molecule has 0 fully saturated rings. The van der Waals surface area contributed by atoms with Crippen LogP contribution in [0.1, 0.15) is 28.5 Å². The maximum Gasteiger partial charge on any atom is 0.250 e. The molecule has 4 N–H and O–H groups in total. The van der Waals surface area contributed by atoms with Gasteiger partial charge in [0.25, 0.3) is 0 Å². The average Bonchev–Trinajstić information content (AvgIpc) is 2.45. The van der Waals surface area contributed by atoms with Crippen molar-refractivity contribution in [2.45, 2.75) is 18.9 Å². The van der Waals surface area contributed by atoms with Crippen LogP contribution in [0.4, 0.5) is 0 Å². The van der Waals surface area contributed by atoms with E-state index in [1.807, 2.05) is 6.92 Å². The maximum absolute atomic E-state index is 12.0. The molecule has 2 amide bonds. The molecule has 1 aliphatic heterocycles. The van der Waals surface area contributed by atoms with E-state index >= 15 is 0 Å². The first kappa shape index (κ1) is 15.1. The fraction of sp³-hybridized carbons (Fsp3) is 0.429. The molecule has 7 nitrogen and oxygen atoms in total. The Kier molecular flexibility index (Phi) is 4.04. The average molecular weight is 290 g/mol. The van der Waals surface area contributed by atoms with Crippen molar-refractivity contribution in [2.75, 3.05) is 13.7 Å². The Morgan fingerprint density at radius 2 is 2.19 bits per heavy atom. The molecule has 2 atom stereocenters. The zero-order valence-corrected chi connectivity index (χ0v) is 12.0. The van der Waals surface area contributed by atoms with Crippen LogP contribution in [-0.4, -0.2) is 42.3 Å². The number of pyridine rings is 1. The summed E-state index contributed by atoms with van der Waals surface area (Å²) in [6.07, 6.45) is 3.18. The van der Waals surface area contributed by atoms with Gasteiger partial charge in [-0.15, -0.1) is 0 Å².